The van der Waals surface area contributed by atoms with Crippen molar-refractivity contribution in [1.82, 2.24) is 15.1 Å². The average molecular weight is 436 g/mol. The van der Waals surface area contributed by atoms with Gasteiger partial charge in [-0.15, -0.1) is 0 Å². The van der Waals surface area contributed by atoms with Crippen molar-refractivity contribution in [2.45, 2.75) is 19.5 Å². The van der Waals surface area contributed by atoms with Gasteiger partial charge in [-0.3, -0.25) is 9.59 Å². The number of amides is 1. The molecule has 1 aromatic heterocycles. The van der Waals surface area contributed by atoms with Gasteiger partial charge in [0.05, 0.1) is 11.3 Å². The van der Waals surface area contributed by atoms with E-state index in [-0.39, 0.29) is 17.9 Å². The van der Waals surface area contributed by atoms with Crippen molar-refractivity contribution in [3.8, 4) is 5.69 Å². The number of para-hydroxylation sites is 1. The Morgan fingerprint density at radius 3 is 2.57 bits per heavy atom. The number of rotatable bonds is 5. The van der Waals surface area contributed by atoms with Crippen molar-refractivity contribution >= 4 is 17.5 Å². The lowest BCUT2D eigenvalue weighted by Crippen LogP contribution is -2.33. The molecule has 30 heavy (non-hydrogen) atoms. The van der Waals surface area contributed by atoms with Crippen molar-refractivity contribution in [3.63, 3.8) is 0 Å². The van der Waals surface area contributed by atoms with Gasteiger partial charge in [-0.25, -0.2) is 4.68 Å². The normalized spacial score (nSPS) is 11.4. The minimum atomic E-state index is -4.62. The van der Waals surface area contributed by atoms with Crippen molar-refractivity contribution in [3.05, 3.63) is 92.4 Å². The maximum absolute atomic E-state index is 13.4. The molecule has 0 spiro atoms. The fraction of sp³-hybridized carbons (Fsp3) is 0.190. The number of nitrogens with one attached hydrogen (secondary N) is 1. The number of benzene rings is 2. The first-order valence-electron chi connectivity index (χ1n) is 8.97. The molecule has 0 radical (unpaired) electrons. The Kier molecular flexibility index (Phi) is 6.26. The monoisotopic (exact) mass is 435 g/mol. The summed E-state index contributed by atoms with van der Waals surface area (Å²) in [5.41, 5.74) is -1.28. The van der Waals surface area contributed by atoms with Gasteiger partial charge >= 0.3 is 6.18 Å². The van der Waals surface area contributed by atoms with Gasteiger partial charge in [0.2, 0.25) is 5.43 Å². The van der Waals surface area contributed by atoms with Crippen LogP contribution in [0.5, 0.6) is 0 Å². The lowest BCUT2D eigenvalue weighted by molar-refractivity contribution is -0.137. The van der Waals surface area contributed by atoms with Gasteiger partial charge in [0.15, 0.2) is 5.69 Å². The topological polar surface area (TPSA) is 64.0 Å². The molecule has 3 rings (SSSR count). The van der Waals surface area contributed by atoms with E-state index in [1.165, 1.54) is 25.1 Å². The summed E-state index contributed by atoms with van der Waals surface area (Å²) in [4.78, 5) is 24.7. The highest BCUT2D eigenvalue weighted by Crippen LogP contribution is 2.33. The van der Waals surface area contributed by atoms with Crippen LogP contribution in [0, 0.1) is 6.92 Å². The summed E-state index contributed by atoms with van der Waals surface area (Å²) in [6.07, 6.45) is -4.16. The van der Waals surface area contributed by atoms with Crippen LogP contribution in [0.2, 0.25) is 5.02 Å². The number of carbonyl (C=O) groups is 1. The van der Waals surface area contributed by atoms with Crippen LogP contribution in [-0.4, -0.2) is 22.2 Å². The van der Waals surface area contributed by atoms with Crippen LogP contribution < -0.4 is 10.7 Å². The molecular formula is C21H17ClF3N3O2. The molecule has 0 saturated heterocycles. The second-order valence-corrected chi connectivity index (χ2v) is 7.00. The highest BCUT2D eigenvalue weighted by molar-refractivity contribution is 6.30. The van der Waals surface area contributed by atoms with Crippen molar-refractivity contribution in [1.29, 1.82) is 0 Å². The van der Waals surface area contributed by atoms with E-state index in [0.29, 0.717) is 11.4 Å². The molecule has 0 aliphatic carbocycles. The first kappa shape index (κ1) is 21.6. The molecule has 1 heterocycles. The van der Waals surface area contributed by atoms with Gasteiger partial charge in [0.25, 0.3) is 5.91 Å². The minimum Gasteiger partial charge on any atom is -0.350 e. The Morgan fingerprint density at radius 1 is 1.13 bits per heavy atom. The maximum Gasteiger partial charge on any atom is 0.418 e. The number of aryl methyl sites for hydroxylation is 1. The summed E-state index contributed by atoms with van der Waals surface area (Å²) in [6, 6.07) is 13.0. The number of hydrogen-bond donors (Lipinski definition) is 1. The van der Waals surface area contributed by atoms with Crippen LogP contribution in [0.15, 0.2) is 59.4 Å². The fourth-order valence-electron chi connectivity index (χ4n) is 2.94. The van der Waals surface area contributed by atoms with E-state index in [2.05, 4.69) is 10.4 Å². The van der Waals surface area contributed by atoms with Gasteiger partial charge < -0.3 is 5.32 Å². The van der Waals surface area contributed by atoms with E-state index in [1.54, 1.807) is 18.2 Å². The third-order valence-electron chi connectivity index (χ3n) is 4.35. The molecule has 0 bridgehead atoms. The van der Waals surface area contributed by atoms with Crippen molar-refractivity contribution in [2.75, 3.05) is 6.54 Å². The molecule has 1 N–H and O–H groups in total. The Bertz CT molecular complexity index is 1140. The molecule has 1 amide bonds. The van der Waals surface area contributed by atoms with E-state index >= 15 is 0 Å². The van der Waals surface area contributed by atoms with Crippen LogP contribution in [0.4, 0.5) is 13.2 Å². The number of carbonyl (C=O) groups excluding carboxylic acids is 1. The highest BCUT2D eigenvalue weighted by Gasteiger charge is 2.34. The second kappa shape index (κ2) is 8.71. The molecule has 5 nitrogen and oxygen atoms in total. The molecule has 0 saturated carbocycles. The molecule has 0 atom stereocenters. The molecule has 0 unspecified atom stereocenters. The number of hydrogen-bond acceptors (Lipinski definition) is 3. The van der Waals surface area contributed by atoms with E-state index in [1.807, 2.05) is 6.07 Å². The Labute approximate surface area is 175 Å². The number of aromatic nitrogens is 2. The van der Waals surface area contributed by atoms with E-state index in [0.717, 1.165) is 22.4 Å². The van der Waals surface area contributed by atoms with Crippen LogP contribution in [0.3, 0.4) is 0 Å². The van der Waals surface area contributed by atoms with Gasteiger partial charge in [-0.05, 0) is 43.2 Å². The summed E-state index contributed by atoms with van der Waals surface area (Å²) in [7, 11) is 0. The summed E-state index contributed by atoms with van der Waals surface area (Å²) >= 11 is 5.92. The zero-order valence-electron chi connectivity index (χ0n) is 15.8. The van der Waals surface area contributed by atoms with E-state index in [4.69, 9.17) is 11.6 Å². The van der Waals surface area contributed by atoms with Crippen LogP contribution in [-0.2, 0) is 12.6 Å². The molecule has 0 fully saturated rings. The maximum atomic E-state index is 13.4. The first-order chi connectivity index (χ1) is 14.2. The first-order valence-corrected chi connectivity index (χ1v) is 9.35. The molecule has 3 aromatic rings. The standard InChI is InChI=1S/C21H17ClF3N3O2/c1-13-11-18(29)19(20(30)26-10-9-14-5-4-6-15(22)12-14)27-28(13)17-8-3-2-7-16(17)21(23,24)25/h2-8,11-12H,9-10H2,1H3,(H,26,30). The summed E-state index contributed by atoms with van der Waals surface area (Å²) in [5.74, 6) is -0.764. The smallest absolute Gasteiger partial charge is 0.350 e. The second-order valence-electron chi connectivity index (χ2n) is 6.56. The molecule has 9 heteroatoms. The van der Waals surface area contributed by atoms with Gasteiger partial charge in [0, 0.05) is 23.3 Å². The third kappa shape index (κ3) is 4.88. The van der Waals surface area contributed by atoms with Gasteiger partial charge in [0.1, 0.15) is 0 Å². The molecule has 156 valence electrons. The lowest BCUT2D eigenvalue weighted by Gasteiger charge is -2.16. The summed E-state index contributed by atoms with van der Waals surface area (Å²) in [6.45, 7) is 1.65. The number of nitrogens with zero attached hydrogens (tertiary/aromatic N) is 2. The SMILES string of the molecule is Cc1cc(=O)c(C(=O)NCCc2cccc(Cl)c2)nn1-c1ccccc1C(F)(F)F. The summed E-state index contributed by atoms with van der Waals surface area (Å²) < 4.78 is 41.1. The predicted molar refractivity (Wildman–Crippen MR) is 107 cm³/mol. The Balaban J connectivity index is 1.87. The molecule has 0 aliphatic heterocycles. The fourth-order valence-corrected chi connectivity index (χ4v) is 3.16. The molecular weight excluding hydrogens is 419 g/mol. The largest absolute Gasteiger partial charge is 0.418 e. The Hall–Kier alpha value is -3.13. The molecule has 2 aromatic carbocycles. The van der Waals surface area contributed by atoms with Crippen molar-refractivity contribution in [2.24, 2.45) is 0 Å². The third-order valence-corrected chi connectivity index (χ3v) is 4.58. The lowest BCUT2D eigenvalue weighted by atomic mass is 10.1. The molecule has 0 aliphatic rings. The van der Waals surface area contributed by atoms with Gasteiger partial charge in [-0.2, -0.15) is 18.3 Å². The Morgan fingerprint density at radius 2 is 1.87 bits per heavy atom. The quantitative estimate of drug-likeness (QED) is 0.653. The number of alkyl halides is 3. The summed E-state index contributed by atoms with van der Waals surface area (Å²) in [5, 5.41) is 7.06. The zero-order valence-corrected chi connectivity index (χ0v) is 16.6. The van der Waals surface area contributed by atoms with E-state index in [9.17, 15) is 22.8 Å². The van der Waals surface area contributed by atoms with Crippen LogP contribution >= 0.6 is 11.6 Å². The minimum absolute atomic E-state index is 0.173. The highest BCUT2D eigenvalue weighted by atomic mass is 35.5. The number of halogens is 4. The van der Waals surface area contributed by atoms with Gasteiger partial charge in [-0.1, -0.05) is 35.9 Å². The van der Waals surface area contributed by atoms with Crippen LogP contribution in [0.25, 0.3) is 5.69 Å². The van der Waals surface area contributed by atoms with E-state index < -0.39 is 28.8 Å². The van der Waals surface area contributed by atoms with Crippen LogP contribution in [0.1, 0.15) is 27.3 Å². The zero-order chi connectivity index (χ0) is 21.9. The predicted octanol–water partition coefficient (Wildman–Crippen LogP) is 4.19. The van der Waals surface area contributed by atoms with Crippen molar-refractivity contribution < 1.29 is 18.0 Å². The average Bonchev–Trinajstić information content (AvgIpc) is 2.67.